The Bertz CT molecular complexity index is 3930. The molecule has 0 spiro atoms. The number of hydrogen-bond acceptors (Lipinski definition) is 4. The third kappa shape index (κ3) is 5.32. The van der Waals surface area contributed by atoms with E-state index in [0.717, 1.165) is 98.8 Å². The Hall–Kier alpha value is -8.41. The second kappa shape index (κ2) is 13.6. The maximum atomic E-state index is 6.51. The van der Waals surface area contributed by atoms with Crippen molar-refractivity contribution in [3.63, 3.8) is 0 Å². The van der Waals surface area contributed by atoms with E-state index in [1.807, 2.05) is 0 Å². The molecule has 5 nitrogen and oxygen atoms in total. The van der Waals surface area contributed by atoms with Gasteiger partial charge in [0.05, 0.1) is 11.0 Å². The fourth-order valence-electron chi connectivity index (χ4n) is 9.60. The van der Waals surface area contributed by atoms with Crippen molar-refractivity contribution >= 4 is 76.1 Å². The molecular weight excluding hydrogens is 757 g/mol. The zero-order valence-electron chi connectivity index (χ0n) is 33.3. The van der Waals surface area contributed by atoms with Crippen LogP contribution in [0.2, 0.25) is 0 Å². The molecule has 0 N–H and O–H groups in total. The van der Waals surface area contributed by atoms with Crippen LogP contribution in [0, 0.1) is 0 Å². The van der Waals surface area contributed by atoms with Crippen LogP contribution in [0.25, 0.3) is 127 Å². The summed E-state index contributed by atoms with van der Waals surface area (Å²) in [6.45, 7) is 0. The Kier molecular flexibility index (Phi) is 7.54. The maximum Gasteiger partial charge on any atom is 0.164 e. The van der Waals surface area contributed by atoms with Gasteiger partial charge in [0.25, 0.3) is 0 Å². The largest absolute Gasteiger partial charge is 0.456 e. The summed E-state index contributed by atoms with van der Waals surface area (Å²) in [7, 11) is 0. The molecule has 0 amide bonds. The number of para-hydroxylation sites is 2. The van der Waals surface area contributed by atoms with Crippen molar-refractivity contribution in [2.24, 2.45) is 0 Å². The van der Waals surface area contributed by atoms with Gasteiger partial charge in [0.1, 0.15) is 11.2 Å². The van der Waals surface area contributed by atoms with E-state index in [9.17, 15) is 0 Å². The molecule has 0 bridgehead atoms. The monoisotopic (exact) mass is 790 g/mol. The predicted octanol–water partition coefficient (Wildman–Crippen LogP) is 15.0. The molecule has 0 aliphatic carbocycles. The molecule has 0 radical (unpaired) electrons. The van der Waals surface area contributed by atoms with E-state index in [0.29, 0.717) is 17.5 Å². The maximum absolute atomic E-state index is 6.51. The van der Waals surface area contributed by atoms with Crippen molar-refractivity contribution in [2.75, 3.05) is 0 Å². The van der Waals surface area contributed by atoms with Crippen molar-refractivity contribution in [1.29, 1.82) is 0 Å². The minimum atomic E-state index is 0.617. The van der Waals surface area contributed by atoms with Crippen LogP contribution in [0.5, 0.6) is 0 Å². The molecule has 5 heteroatoms. The van der Waals surface area contributed by atoms with Crippen LogP contribution in [-0.4, -0.2) is 19.5 Å². The smallest absolute Gasteiger partial charge is 0.164 e. The van der Waals surface area contributed by atoms with Gasteiger partial charge in [-0.1, -0.05) is 146 Å². The van der Waals surface area contributed by atoms with Gasteiger partial charge in [0.15, 0.2) is 17.5 Å². The third-order valence-corrected chi connectivity index (χ3v) is 12.4. The molecule has 0 fully saturated rings. The van der Waals surface area contributed by atoms with Crippen LogP contribution in [0.15, 0.2) is 211 Å². The summed E-state index contributed by atoms with van der Waals surface area (Å²) >= 11 is 0. The topological polar surface area (TPSA) is 56.7 Å². The van der Waals surface area contributed by atoms with Gasteiger partial charge >= 0.3 is 0 Å². The minimum Gasteiger partial charge on any atom is -0.456 e. The van der Waals surface area contributed by atoms with Gasteiger partial charge in [-0.3, -0.25) is 0 Å². The zero-order chi connectivity index (χ0) is 40.7. The van der Waals surface area contributed by atoms with Crippen molar-refractivity contribution in [3.05, 3.63) is 206 Å². The number of hydrogen-bond donors (Lipinski definition) is 0. The average molecular weight is 791 g/mol. The Morgan fingerprint density at radius 2 is 0.903 bits per heavy atom. The zero-order valence-corrected chi connectivity index (χ0v) is 33.3. The summed E-state index contributed by atoms with van der Waals surface area (Å²) in [6.07, 6.45) is 0. The summed E-state index contributed by atoms with van der Waals surface area (Å²) in [5.41, 5.74) is 10.2. The summed E-state index contributed by atoms with van der Waals surface area (Å²) < 4.78 is 8.85. The first kappa shape index (κ1) is 34.5. The van der Waals surface area contributed by atoms with Gasteiger partial charge in [-0.15, -0.1) is 0 Å². The van der Waals surface area contributed by atoms with Crippen molar-refractivity contribution in [3.8, 4) is 51.0 Å². The molecule has 0 aliphatic heterocycles. The highest BCUT2D eigenvalue weighted by molar-refractivity contribution is 6.18. The van der Waals surface area contributed by atoms with Gasteiger partial charge in [-0.2, -0.15) is 0 Å². The number of benzene rings is 10. The Morgan fingerprint density at radius 3 is 1.73 bits per heavy atom. The van der Waals surface area contributed by atoms with E-state index in [2.05, 4.69) is 211 Å². The van der Waals surface area contributed by atoms with Crippen LogP contribution < -0.4 is 0 Å². The molecule has 3 heterocycles. The van der Waals surface area contributed by atoms with E-state index in [1.165, 1.54) is 10.8 Å². The molecule has 13 aromatic rings. The average Bonchev–Trinajstić information content (AvgIpc) is 3.87. The van der Waals surface area contributed by atoms with Crippen molar-refractivity contribution < 1.29 is 4.42 Å². The quantitative estimate of drug-likeness (QED) is 0.174. The highest BCUT2D eigenvalue weighted by Crippen LogP contribution is 2.43. The lowest BCUT2D eigenvalue weighted by Crippen LogP contribution is -2.01. The molecule has 10 aromatic carbocycles. The first-order valence-electron chi connectivity index (χ1n) is 20.9. The fraction of sp³-hybridized carbons (Fsp3) is 0. The van der Waals surface area contributed by atoms with Crippen molar-refractivity contribution in [1.82, 2.24) is 19.5 Å². The van der Waals surface area contributed by atoms with Crippen LogP contribution >= 0.6 is 0 Å². The fourth-order valence-corrected chi connectivity index (χ4v) is 9.60. The van der Waals surface area contributed by atoms with Crippen LogP contribution in [-0.2, 0) is 0 Å². The van der Waals surface area contributed by atoms with Crippen LogP contribution in [0.3, 0.4) is 0 Å². The predicted molar refractivity (Wildman–Crippen MR) is 256 cm³/mol. The normalized spacial score (nSPS) is 11.9. The molecule has 0 saturated carbocycles. The first-order chi connectivity index (χ1) is 30.7. The Balaban J connectivity index is 1.04. The summed E-state index contributed by atoms with van der Waals surface area (Å²) in [6, 6.07) is 72.7. The molecule has 0 atom stereocenters. The lowest BCUT2D eigenvalue weighted by Gasteiger charge is -2.14. The summed E-state index contributed by atoms with van der Waals surface area (Å²) in [5.74, 6) is 1.86. The van der Waals surface area contributed by atoms with Gasteiger partial charge in [-0.05, 0) is 104 Å². The summed E-state index contributed by atoms with van der Waals surface area (Å²) in [4.78, 5) is 16.0. The lowest BCUT2D eigenvalue weighted by molar-refractivity contribution is 0.669. The standard InChI is InChI=1S/C57H34N4O/c1-2-18-39(19-3-1)61-50-26-11-10-23-44(50)48-33-38(28-31-51(48)61)55-58-56(46-25-12-17-35-14-6-7-20-40(35)46)60-57(59-55)47-30-29-43(41-21-8-9-22-42(41)47)45-24-13-27-52-54(45)49-32-36-15-4-5-16-37(36)34-53(49)62-52/h1-34H. The molecule has 3 aromatic heterocycles. The molecule has 0 unspecified atom stereocenters. The Labute approximate surface area is 355 Å². The molecule has 62 heavy (non-hydrogen) atoms. The van der Waals surface area contributed by atoms with E-state index in [4.69, 9.17) is 19.4 Å². The molecule has 0 aliphatic rings. The summed E-state index contributed by atoms with van der Waals surface area (Å²) in [5, 5.41) is 11.3. The highest BCUT2D eigenvalue weighted by Gasteiger charge is 2.21. The van der Waals surface area contributed by atoms with Crippen LogP contribution in [0.1, 0.15) is 0 Å². The van der Waals surface area contributed by atoms with Gasteiger partial charge in [0, 0.05) is 43.9 Å². The first-order valence-corrected chi connectivity index (χ1v) is 20.9. The van der Waals surface area contributed by atoms with Gasteiger partial charge in [0.2, 0.25) is 0 Å². The second-order valence-electron chi connectivity index (χ2n) is 15.9. The van der Waals surface area contributed by atoms with Crippen molar-refractivity contribution in [2.45, 2.75) is 0 Å². The number of rotatable bonds is 5. The SMILES string of the molecule is c1ccc(-n2c3ccccc3c3cc(-c4nc(-c5cccc6ccccc56)nc(-c5ccc(-c6cccc7oc8cc9ccccc9cc8c67)c6ccccc56)n4)ccc32)cc1. The highest BCUT2D eigenvalue weighted by atomic mass is 16.3. The molecule has 13 rings (SSSR count). The van der Waals surface area contributed by atoms with Gasteiger partial charge in [-0.25, -0.2) is 15.0 Å². The number of aromatic nitrogens is 4. The minimum absolute atomic E-state index is 0.617. The lowest BCUT2D eigenvalue weighted by atomic mass is 9.92. The van der Waals surface area contributed by atoms with E-state index in [1.54, 1.807) is 0 Å². The number of nitrogens with zero attached hydrogens (tertiary/aromatic N) is 4. The third-order valence-electron chi connectivity index (χ3n) is 12.4. The molecular formula is C57H34N4O. The molecule has 288 valence electrons. The Morgan fingerprint density at radius 1 is 0.323 bits per heavy atom. The molecule has 0 saturated heterocycles. The van der Waals surface area contributed by atoms with Gasteiger partial charge < -0.3 is 8.98 Å². The van der Waals surface area contributed by atoms with Crippen LogP contribution in [0.4, 0.5) is 0 Å². The second-order valence-corrected chi connectivity index (χ2v) is 15.9. The van der Waals surface area contributed by atoms with E-state index in [-0.39, 0.29) is 0 Å². The number of furan rings is 1. The van der Waals surface area contributed by atoms with E-state index >= 15 is 0 Å². The number of fused-ring (bicyclic) bond motifs is 9. The van der Waals surface area contributed by atoms with E-state index < -0.39 is 0 Å².